The molecule has 286 valence electrons. The number of rotatable bonds is 8. The van der Waals surface area contributed by atoms with Gasteiger partial charge in [0.2, 0.25) is 0 Å². The molecule has 0 saturated heterocycles. The zero-order valence-electron chi connectivity index (χ0n) is 35.6. The van der Waals surface area contributed by atoms with E-state index in [2.05, 4.69) is 176 Å². The van der Waals surface area contributed by atoms with Crippen LogP contribution in [0, 0.1) is 39.5 Å². The van der Waals surface area contributed by atoms with E-state index in [4.69, 9.17) is 0 Å². The van der Waals surface area contributed by atoms with E-state index in [1.54, 1.807) is 14.4 Å². The summed E-state index contributed by atoms with van der Waals surface area (Å²) in [6.45, 7) is 33.4. The monoisotopic (exact) mass is 836 g/mol. The van der Waals surface area contributed by atoms with E-state index in [-0.39, 0.29) is 35.6 Å². The molecule has 0 N–H and O–H groups in total. The predicted octanol–water partition coefficient (Wildman–Crippen LogP) is 7.85. The van der Waals surface area contributed by atoms with Crippen molar-refractivity contribution in [3.05, 3.63) is 123 Å². The third-order valence-corrected chi connectivity index (χ3v) is 19.2. The minimum absolute atomic E-state index is 0. The van der Waals surface area contributed by atoms with Crippen LogP contribution in [0.4, 0.5) is 0 Å². The number of fused-ring (bicyclic) bond motifs is 3. The van der Waals surface area contributed by atoms with Crippen LogP contribution in [-0.2, 0) is 38.5 Å². The van der Waals surface area contributed by atoms with E-state index in [1.165, 1.54) is 79.6 Å². The Morgan fingerprint density at radius 3 is 1.52 bits per heavy atom. The summed E-state index contributed by atoms with van der Waals surface area (Å²) in [5, 5.41) is 0. The van der Waals surface area contributed by atoms with Gasteiger partial charge in [-0.1, -0.05) is 0 Å². The molecule has 0 aliphatic heterocycles. The standard InChI is InChI=1S/C37H41.C9H18.C5H5.2ClH.Zr/c1-22-11-23(2)14-26(13-22)32-18-28-17-29-19-33(27-15-24(3)12-25(4)16-27)35(37(8,9)10)21-31(29)30(28)20-34(32)36(5,6)7;1-8(2)6-5-7-9(3)4;1-2-4-5-3-1;;;/h11-16,18,20-21H,17H2,1-10H3;8-9H,6-7H2,1-4H3;1-5H;2*1H;/q;;;;;+2/p-2. The van der Waals surface area contributed by atoms with Crippen molar-refractivity contribution in [2.45, 2.75) is 131 Å². The van der Waals surface area contributed by atoms with E-state index in [9.17, 15) is 0 Å². The first-order chi connectivity index (χ1) is 24.3. The summed E-state index contributed by atoms with van der Waals surface area (Å²) in [6.07, 6.45) is 13.3. The summed E-state index contributed by atoms with van der Waals surface area (Å²) in [5.41, 5.74) is 20.3. The average molecular weight is 839 g/mol. The predicted molar refractivity (Wildman–Crippen MR) is 227 cm³/mol. The van der Waals surface area contributed by atoms with Crippen molar-refractivity contribution < 1.29 is 46.1 Å². The van der Waals surface area contributed by atoms with E-state index < -0.39 is 21.3 Å². The molecule has 54 heavy (non-hydrogen) atoms. The van der Waals surface area contributed by atoms with Crippen LogP contribution in [-0.4, -0.2) is 3.21 Å². The van der Waals surface area contributed by atoms with E-state index in [1.807, 2.05) is 3.21 Å². The molecule has 0 aromatic heterocycles. The quantitative estimate of drug-likeness (QED) is 0.150. The van der Waals surface area contributed by atoms with Crippen LogP contribution in [0.5, 0.6) is 0 Å². The molecule has 6 rings (SSSR count). The molecule has 0 atom stereocenters. The topological polar surface area (TPSA) is 0 Å². The molecular formula is C51H64Cl2Zr. The first-order valence-electron chi connectivity index (χ1n) is 19.9. The average Bonchev–Trinajstić information content (AvgIpc) is 3.66. The maximum atomic E-state index is 2.66. The second kappa shape index (κ2) is 17.0. The van der Waals surface area contributed by atoms with Gasteiger partial charge >= 0.3 is 327 Å². The van der Waals surface area contributed by atoms with Gasteiger partial charge in [0, 0.05) is 0 Å². The smallest absolute Gasteiger partial charge is 1.00 e. The van der Waals surface area contributed by atoms with Crippen molar-refractivity contribution in [3.8, 4) is 33.4 Å². The van der Waals surface area contributed by atoms with Crippen LogP contribution in [0.15, 0.2) is 78.9 Å². The zero-order valence-corrected chi connectivity index (χ0v) is 39.6. The largest absolute Gasteiger partial charge is 1.00 e. The Kier molecular flexibility index (Phi) is 14.0. The van der Waals surface area contributed by atoms with Crippen LogP contribution in [0.3, 0.4) is 0 Å². The van der Waals surface area contributed by atoms with Crippen molar-refractivity contribution in [1.82, 2.24) is 0 Å². The molecule has 0 fully saturated rings. The van der Waals surface area contributed by atoms with Gasteiger partial charge in [0.05, 0.1) is 0 Å². The molecule has 0 heterocycles. The Labute approximate surface area is 349 Å². The zero-order chi connectivity index (χ0) is 37.9. The van der Waals surface area contributed by atoms with Crippen LogP contribution in [0.1, 0.15) is 127 Å². The van der Waals surface area contributed by atoms with Crippen LogP contribution >= 0.6 is 0 Å². The van der Waals surface area contributed by atoms with Crippen molar-refractivity contribution in [2.75, 3.05) is 0 Å². The summed E-state index contributed by atoms with van der Waals surface area (Å²) < 4.78 is 4.24. The van der Waals surface area contributed by atoms with Crippen LogP contribution < -0.4 is 28.1 Å². The Morgan fingerprint density at radius 2 is 1.06 bits per heavy atom. The number of allylic oxidation sites excluding steroid dienone is 4. The van der Waals surface area contributed by atoms with E-state index >= 15 is 0 Å². The first-order valence-corrected chi connectivity index (χ1v) is 23.8. The third-order valence-electron chi connectivity index (χ3n) is 11.0. The second-order valence-electron chi connectivity index (χ2n) is 19.2. The van der Waals surface area contributed by atoms with Crippen molar-refractivity contribution in [2.24, 2.45) is 11.8 Å². The molecule has 2 aliphatic carbocycles. The minimum atomic E-state index is -2.64. The van der Waals surface area contributed by atoms with Gasteiger partial charge in [-0.25, -0.2) is 0 Å². The Morgan fingerprint density at radius 1 is 0.593 bits per heavy atom. The molecule has 2 aliphatic rings. The summed E-state index contributed by atoms with van der Waals surface area (Å²) in [5.74, 6) is 1.29. The van der Waals surface area contributed by atoms with E-state index in [0.29, 0.717) is 15.5 Å². The van der Waals surface area contributed by atoms with Gasteiger partial charge in [-0.15, -0.1) is 0 Å². The van der Waals surface area contributed by atoms with Gasteiger partial charge in [0.1, 0.15) is 0 Å². The third kappa shape index (κ3) is 9.28. The number of hydrogen-bond donors (Lipinski definition) is 0. The molecule has 4 aromatic rings. The number of halogens is 2. The fraction of sp³-hybridized carbons (Fsp3) is 0.431. The molecule has 4 aromatic carbocycles. The fourth-order valence-corrected chi connectivity index (χ4v) is 19.3. The van der Waals surface area contributed by atoms with Crippen molar-refractivity contribution in [3.63, 3.8) is 0 Å². The maximum Gasteiger partial charge on any atom is -1.00 e. The summed E-state index contributed by atoms with van der Waals surface area (Å²) in [6, 6.07) is 22.3. The van der Waals surface area contributed by atoms with Gasteiger partial charge in [0.25, 0.3) is 0 Å². The van der Waals surface area contributed by atoms with Crippen LogP contribution in [0.2, 0.25) is 3.63 Å². The molecule has 3 heteroatoms. The number of benzene rings is 4. The minimum Gasteiger partial charge on any atom is -1.00 e. The van der Waals surface area contributed by atoms with Gasteiger partial charge < -0.3 is 24.8 Å². The molecule has 0 unspecified atom stereocenters. The SMILES string of the molecule is Cc1cc(C)cc(-c2cc3c(cc2C(C)(C)C)-c2cc(C(C)(C)C)c(-c4cc(C)cc(C)c4)[c]([Zr+2](=[C](CC(C)C)CC(C)C)[CH]4C=CC=C4)c2C3)c1.[Cl-].[Cl-]. The molecular weight excluding hydrogens is 775 g/mol. The molecule has 0 bridgehead atoms. The second-order valence-corrected chi connectivity index (χ2v) is 25.8. The molecule has 0 saturated carbocycles. The van der Waals surface area contributed by atoms with Gasteiger partial charge in [-0.2, -0.15) is 0 Å². The first kappa shape index (κ1) is 44.4. The number of hydrogen-bond acceptors (Lipinski definition) is 0. The maximum absolute atomic E-state index is 2.66. The summed E-state index contributed by atoms with van der Waals surface area (Å²) in [4.78, 5) is 0. The molecule has 0 nitrogen and oxygen atoms in total. The summed E-state index contributed by atoms with van der Waals surface area (Å²) >= 11 is -2.64. The Hall–Kier alpha value is -2.31. The van der Waals surface area contributed by atoms with Gasteiger partial charge in [-0.05, 0) is 0 Å². The van der Waals surface area contributed by atoms with Gasteiger partial charge in [-0.3, -0.25) is 0 Å². The van der Waals surface area contributed by atoms with Crippen LogP contribution in [0.25, 0.3) is 33.4 Å². The number of aryl methyl sites for hydroxylation is 4. The Balaban J connectivity index is 0.00000325. The fourth-order valence-electron chi connectivity index (χ4n) is 9.17. The normalized spacial score (nSPS) is 13.5. The Bertz CT molecular complexity index is 2060. The van der Waals surface area contributed by atoms with Crippen molar-refractivity contribution >= 4 is 6.48 Å². The molecule has 0 radical (unpaired) electrons. The van der Waals surface area contributed by atoms with E-state index in [0.717, 1.165) is 6.42 Å². The van der Waals surface area contributed by atoms with Gasteiger partial charge in [0.15, 0.2) is 0 Å². The van der Waals surface area contributed by atoms with Crippen molar-refractivity contribution in [1.29, 1.82) is 0 Å². The molecule has 0 spiro atoms. The summed E-state index contributed by atoms with van der Waals surface area (Å²) in [7, 11) is 0. The molecule has 0 amide bonds.